The van der Waals surface area contributed by atoms with Crippen LogP contribution >= 0.6 is 15.9 Å². The Bertz CT molecular complexity index is 1540. The summed E-state index contributed by atoms with van der Waals surface area (Å²) in [6.45, 7) is 1.73. The van der Waals surface area contributed by atoms with Gasteiger partial charge in [-0.05, 0) is 59.3 Å². The van der Waals surface area contributed by atoms with Crippen LogP contribution in [0.25, 0.3) is 10.9 Å². The Morgan fingerprint density at radius 3 is 2.60 bits per heavy atom. The molecule has 0 fully saturated rings. The van der Waals surface area contributed by atoms with Crippen molar-refractivity contribution in [3.05, 3.63) is 97.1 Å². The Morgan fingerprint density at radius 1 is 1.11 bits per heavy atom. The molecule has 0 aliphatic rings. The van der Waals surface area contributed by atoms with Gasteiger partial charge in [0.15, 0.2) is 18.1 Å². The molecule has 10 heteroatoms. The molecule has 4 rings (SSSR count). The highest BCUT2D eigenvalue weighted by Gasteiger charge is 2.12. The molecule has 35 heavy (non-hydrogen) atoms. The summed E-state index contributed by atoms with van der Waals surface area (Å²) in [6, 6.07) is 17.3. The van der Waals surface area contributed by atoms with Crippen LogP contribution in [0.3, 0.4) is 0 Å². The molecule has 1 amide bonds. The van der Waals surface area contributed by atoms with Crippen molar-refractivity contribution in [1.29, 1.82) is 0 Å². The number of halogens is 1. The third-order valence-corrected chi connectivity index (χ3v) is 5.76. The average molecular weight is 537 g/mol. The Labute approximate surface area is 208 Å². The molecule has 178 valence electrons. The SMILES string of the molecule is COc1cc(C=Nn2c(=O)[nH]c3ccccc3c2=O)c(Br)cc1OCC(=O)Nc1ccc(C)cc1. The molecule has 0 saturated carbocycles. The van der Waals surface area contributed by atoms with Crippen LogP contribution in [-0.4, -0.2) is 35.5 Å². The minimum atomic E-state index is -0.660. The van der Waals surface area contributed by atoms with E-state index in [1.54, 1.807) is 36.4 Å². The highest BCUT2D eigenvalue weighted by molar-refractivity contribution is 9.10. The summed E-state index contributed by atoms with van der Waals surface area (Å²) in [5.74, 6) is 0.349. The summed E-state index contributed by atoms with van der Waals surface area (Å²) >= 11 is 3.43. The number of ether oxygens (including phenoxy) is 2. The summed E-state index contributed by atoms with van der Waals surface area (Å²) in [4.78, 5) is 39.9. The number of hydrogen-bond acceptors (Lipinski definition) is 6. The number of benzene rings is 3. The second-order valence-electron chi connectivity index (χ2n) is 7.56. The highest BCUT2D eigenvalue weighted by Crippen LogP contribution is 2.33. The molecule has 0 unspecified atom stereocenters. The second kappa shape index (κ2) is 10.4. The number of hydrogen-bond donors (Lipinski definition) is 2. The van der Waals surface area contributed by atoms with Gasteiger partial charge in [0.2, 0.25) is 0 Å². The lowest BCUT2D eigenvalue weighted by Crippen LogP contribution is -2.32. The van der Waals surface area contributed by atoms with Crippen LogP contribution in [-0.2, 0) is 4.79 Å². The van der Waals surface area contributed by atoms with Crippen LogP contribution in [0.15, 0.2) is 79.8 Å². The van der Waals surface area contributed by atoms with Gasteiger partial charge >= 0.3 is 5.69 Å². The van der Waals surface area contributed by atoms with E-state index in [2.05, 4.69) is 31.3 Å². The minimum Gasteiger partial charge on any atom is -0.493 e. The maximum atomic E-state index is 12.7. The molecule has 2 N–H and O–H groups in total. The number of amides is 1. The molecule has 0 aliphatic heterocycles. The van der Waals surface area contributed by atoms with E-state index in [0.717, 1.165) is 10.2 Å². The molecular formula is C25H21BrN4O5. The van der Waals surface area contributed by atoms with Gasteiger partial charge in [-0.3, -0.25) is 9.59 Å². The van der Waals surface area contributed by atoms with Crippen molar-refractivity contribution in [3.8, 4) is 11.5 Å². The smallest absolute Gasteiger partial charge is 0.349 e. The summed E-state index contributed by atoms with van der Waals surface area (Å²) in [5, 5.41) is 7.17. The van der Waals surface area contributed by atoms with Crippen LogP contribution in [0.1, 0.15) is 11.1 Å². The average Bonchev–Trinajstić information content (AvgIpc) is 2.85. The first-order chi connectivity index (χ1) is 16.9. The number of nitrogens with one attached hydrogen (secondary N) is 2. The Morgan fingerprint density at radius 2 is 1.86 bits per heavy atom. The largest absolute Gasteiger partial charge is 0.493 e. The van der Waals surface area contributed by atoms with E-state index in [1.165, 1.54) is 13.3 Å². The standard InChI is InChI=1S/C25H21BrN4O5/c1-15-7-9-17(10-8-15)28-23(31)14-35-22-12-19(26)16(11-21(22)34-2)13-27-30-24(32)18-5-3-4-6-20(18)29-25(30)33/h3-13H,14H2,1-2H3,(H,28,31)(H,29,33). The van der Waals surface area contributed by atoms with E-state index < -0.39 is 11.2 Å². The topological polar surface area (TPSA) is 115 Å². The van der Waals surface area contributed by atoms with Gasteiger partial charge in [0, 0.05) is 15.7 Å². The summed E-state index contributed by atoms with van der Waals surface area (Å²) in [5.41, 5.74) is 1.52. The number of fused-ring (bicyclic) bond motifs is 1. The van der Waals surface area contributed by atoms with Crippen molar-refractivity contribution in [1.82, 2.24) is 9.66 Å². The number of H-pyrrole nitrogens is 1. The van der Waals surface area contributed by atoms with Crippen LogP contribution < -0.4 is 26.0 Å². The normalized spacial score (nSPS) is 11.1. The summed E-state index contributed by atoms with van der Waals surface area (Å²) < 4.78 is 12.3. The molecule has 4 aromatic rings. The van der Waals surface area contributed by atoms with E-state index in [9.17, 15) is 14.4 Å². The molecule has 0 radical (unpaired) electrons. The molecule has 0 spiro atoms. The van der Waals surface area contributed by atoms with Crippen LogP contribution in [0, 0.1) is 6.92 Å². The minimum absolute atomic E-state index is 0.230. The first kappa shape index (κ1) is 24.0. The monoisotopic (exact) mass is 536 g/mol. The molecule has 0 bridgehead atoms. The number of anilines is 1. The number of para-hydroxylation sites is 1. The van der Waals surface area contributed by atoms with Crippen molar-refractivity contribution >= 4 is 44.6 Å². The second-order valence-corrected chi connectivity index (χ2v) is 8.42. The van der Waals surface area contributed by atoms with Gasteiger partial charge in [0.25, 0.3) is 11.5 Å². The number of carbonyl (C=O) groups is 1. The zero-order valence-electron chi connectivity index (χ0n) is 18.9. The number of nitrogens with zero attached hydrogens (tertiary/aromatic N) is 2. The van der Waals surface area contributed by atoms with Crippen molar-refractivity contribution in [2.45, 2.75) is 6.92 Å². The Balaban J connectivity index is 1.53. The van der Waals surface area contributed by atoms with Gasteiger partial charge in [0.05, 0.1) is 24.2 Å². The van der Waals surface area contributed by atoms with E-state index in [4.69, 9.17) is 9.47 Å². The summed E-state index contributed by atoms with van der Waals surface area (Å²) in [7, 11) is 1.46. The lowest BCUT2D eigenvalue weighted by molar-refractivity contribution is -0.118. The summed E-state index contributed by atoms with van der Waals surface area (Å²) in [6.07, 6.45) is 1.35. The maximum Gasteiger partial charge on any atom is 0.349 e. The number of methoxy groups -OCH3 is 1. The number of carbonyl (C=O) groups excluding carboxylic acids is 1. The number of aromatic nitrogens is 2. The van der Waals surface area contributed by atoms with Crippen LogP contribution in [0.5, 0.6) is 11.5 Å². The van der Waals surface area contributed by atoms with Crippen LogP contribution in [0.2, 0.25) is 0 Å². The number of aromatic amines is 1. The Hall–Kier alpha value is -4.18. The predicted molar refractivity (Wildman–Crippen MR) is 138 cm³/mol. The zero-order chi connectivity index (χ0) is 24.9. The molecular weight excluding hydrogens is 516 g/mol. The fourth-order valence-corrected chi connectivity index (χ4v) is 3.70. The lowest BCUT2D eigenvalue weighted by atomic mass is 10.2. The van der Waals surface area contributed by atoms with E-state index in [-0.39, 0.29) is 12.5 Å². The number of aryl methyl sites for hydroxylation is 1. The molecule has 9 nitrogen and oxygen atoms in total. The molecule has 0 aliphatic carbocycles. The van der Waals surface area contributed by atoms with Crippen molar-refractivity contribution < 1.29 is 14.3 Å². The predicted octanol–water partition coefficient (Wildman–Crippen LogP) is 3.67. The fourth-order valence-electron chi connectivity index (χ4n) is 3.28. The first-order valence-electron chi connectivity index (χ1n) is 10.5. The third-order valence-electron chi connectivity index (χ3n) is 5.07. The van der Waals surface area contributed by atoms with E-state index >= 15 is 0 Å². The van der Waals surface area contributed by atoms with Gasteiger partial charge < -0.3 is 19.8 Å². The zero-order valence-corrected chi connectivity index (χ0v) is 20.5. The van der Waals surface area contributed by atoms with Gasteiger partial charge in [-0.2, -0.15) is 5.10 Å². The molecule has 0 saturated heterocycles. The maximum absolute atomic E-state index is 12.7. The fraction of sp³-hybridized carbons (Fsp3) is 0.120. The quantitative estimate of drug-likeness (QED) is 0.349. The van der Waals surface area contributed by atoms with Gasteiger partial charge in [-0.1, -0.05) is 29.8 Å². The van der Waals surface area contributed by atoms with Crippen molar-refractivity contribution in [2.24, 2.45) is 5.10 Å². The lowest BCUT2D eigenvalue weighted by Gasteiger charge is -2.13. The molecule has 1 aromatic heterocycles. The van der Waals surface area contributed by atoms with Gasteiger partial charge in [-0.15, -0.1) is 4.68 Å². The molecule has 0 atom stereocenters. The van der Waals surface area contributed by atoms with Gasteiger partial charge in [0.1, 0.15) is 0 Å². The first-order valence-corrected chi connectivity index (χ1v) is 11.3. The van der Waals surface area contributed by atoms with E-state index in [1.807, 2.05) is 31.2 Å². The third kappa shape index (κ3) is 5.49. The van der Waals surface area contributed by atoms with Crippen molar-refractivity contribution in [2.75, 3.05) is 19.0 Å². The van der Waals surface area contributed by atoms with Gasteiger partial charge in [-0.25, -0.2) is 4.79 Å². The van der Waals surface area contributed by atoms with Crippen LogP contribution in [0.4, 0.5) is 5.69 Å². The molecule has 1 heterocycles. The Kier molecular flexibility index (Phi) is 7.11. The van der Waals surface area contributed by atoms with E-state index in [0.29, 0.717) is 38.1 Å². The number of rotatable bonds is 7. The van der Waals surface area contributed by atoms with Crippen molar-refractivity contribution in [3.63, 3.8) is 0 Å². The highest BCUT2D eigenvalue weighted by atomic mass is 79.9. The molecule has 3 aromatic carbocycles.